The fraction of sp³-hybridized carbons (Fsp3) is 0.316. The highest BCUT2D eigenvalue weighted by Crippen LogP contribution is 2.34. The fourth-order valence-corrected chi connectivity index (χ4v) is 3.53. The van der Waals surface area contributed by atoms with Gasteiger partial charge in [-0.3, -0.25) is 0 Å². The third-order valence-corrected chi connectivity index (χ3v) is 5.06. The summed E-state index contributed by atoms with van der Waals surface area (Å²) < 4.78 is 0. The number of nitrogens with one attached hydrogen (secondary N) is 2. The van der Waals surface area contributed by atoms with Gasteiger partial charge in [0.25, 0.3) is 0 Å². The van der Waals surface area contributed by atoms with E-state index in [4.69, 9.17) is 0 Å². The van der Waals surface area contributed by atoms with Gasteiger partial charge in [0.2, 0.25) is 0 Å². The second-order valence-electron chi connectivity index (χ2n) is 6.49. The van der Waals surface area contributed by atoms with E-state index in [1.165, 1.54) is 34.9 Å². The summed E-state index contributed by atoms with van der Waals surface area (Å²) in [5.74, 6) is 0. The van der Waals surface area contributed by atoms with Crippen molar-refractivity contribution in [3.8, 4) is 11.1 Å². The van der Waals surface area contributed by atoms with Gasteiger partial charge in [-0.2, -0.15) is 0 Å². The van der Waals surface area contributed by atoms with Gasteiger partial charge in [0.1, 0.15) is 5.65 Å². The van der Waals surface area contributed by atoms with Crippen LogP contribution in [0.25, 0.3) is 22.2 Å². The fourth-order valence-electron chi connectivity index (χ4n) is 3.53. The first-order chi connectivity index (χ1) is 10.8. The molecule has 1 fully saturated rings. The lowest BCUT2D eigenvalue weighted by molar-refractivity contribution is 0.335. The standard InChI is InChI=1S/C19H21N3/c1-19(8-12-20-13-9-19)15-4-2-14(3-5-15)16-6-10-21-18-17(16)7-11-22-18/h2-7,10-11,20H,8-9,12-13H2,1H3,(H,21,22). The number of nitrogens with zero attached hydrogens (tertiary/aromatic N) is 1. The van der Waals surface area contributed by atoms with Crippen molar-refractivity contribution >= 4 is 11.0 Å². The highest BCUT2D eigenvalue weighted by Gasteiger charge is 2.28. The first kappa shape index (κ1) is 13.5. The van der Waals surface area contributed by atoms with Crippen LogP contribution in [0, 0.1) is 0 Å². The molecule has 0 atom stereocenters. The van der Waals surface area contributed by atoms with E-state index < -0.39 is 0 Å². The molecule has 4 rings (SSSR count). The summed E-state index contributed by atoms with van der Waals surface area (Å²) in [6.45, 7) is 4.62. The predicted octanol–water partition coefficient (Wildman–Crippen LogP) is 3.87. The molecule has 0 spiro atoms. The van der Waals surface area contributed by atoms with Gasteiger partial charge < -0.3 is 10.3 Å². The van der Waals surface area contributed by atoms with Crippen LogP contribution in [0.2, 0.25) is 0 Å². The normalized spacial score (nSPS) is 17.7. The molecule has 3 heteroatoms. The van der Waals surface area contributed by atoms with E-state index in [0.717, 1.165) is 18.7 Å². The van der Waals surface area contributed by atoms with Crippen LogP contribution in [0.3, 0.4) is 0 Å². The van der Waals surface area contributed by atoms with Gasteiger partial charge in [0.05, 0.1) is 0 Å². The van der Waals surface area contributed by atoms with Gasteiger partial charge in [-0.15, -0.1) is 0 Å². The molecule has 0 saturated carbocycles. The molecule has 0 unspecified atom stereocenters. The Morgan fingerprint density at radius 3 is 2.55 bits per heavy atom. The molecule has 22 heavy (non-hydrogen) atoms. The number of hydrogen-bond donors (Lipinski definition) is 2. The van der Waals surface area contributed by atoms with E-state index in [1.54, 1.807) is 0 Å². The van der Waals surface area contributed by atoms with E-state index >= 15 is 0 Å². The average molecular weight is 291 g/mol. The Kier molecular flexibility index (Phi) is 3.23. The Hall–Kier alpha value is -2.13. The number of H-pyrrole nitrogens is 1. The number of piperidine rings is 1. The van der Waals surface area contributed by atoms with Crippen LogP contribution in [0.15, 0.2) is 48.8 Å². The van der Waals surface area contributed by atoms with Crippen molar-refractivity contribution in [1.82, 2.24) is 15.3 Å². The molecule has 3 heterocycles. The number of benzene rings is 1. The average Bonchev–Trinajstić information content (AvgIpc) is 3.04. The lowest BCUT2D eigenvalue weighted by Crippen LogP contribution is -2.37. The molecule has 0 amide bonds. The van der Waals surface area contributed by atoms with E-state index in [0.29, 0.717) is 5.41 Å². The number of aromatic nitrogens is 2. The van der Waals surface area contributed by atoms with Gasteiger partial charge in [-0.05, 0) is 60.2 Å². The van der Waals surface area contributed by atoms with E-state index in [-0.39, 0.29) is 0 Å². The molecule has 0 bridgehead atoms. The Morgan fingerprint density at radius 1 is 1.00 bits per heavy atom. The summed E-state index contributed by atoms with van der Waals surface area (Å²) in [5, 5.41) is 4.64. The second-order valence-corrected chi connectivity index (χ2v) is 6.49. The third-order valence-electron chi connectivity index (χ3n) is 5.06. The lowest BCUT2D eigenvalue weighted by Gasteiger charge is -2.34. The molecule has 1 aromatic carbocycles. The van der Waals surface area contributed by atoms with E-state index in [1.807, 2.05) is 12.4 Å². The van der Waals surface area contributed by atoms with Gasteiger partial charge in [-0.1, -0.05) is 31.2 Å². The van der Waals surface area contributed by atoms with Gasteiger partial charge in [0.15, 0.2) is 0 Å². The minimum atomic E-state index is 0.311. The molecule has 0 radical (unpaired) electrons. The lowest BCUT2D eigenvalue weighted by atomic mass is 9.75. The molecule has 2 aromatic heterocycles. The zero-order valence-electron chi connectivity index (χ0n) is 12.9. The predicted molar refractivity (Wildman–Crippen MR) is 91.0 cm³/mol. The number of fused-ring (bicyclic) bond motifs is 1. The molecule has 2 N–H and O–H groups in total. The summed E-state index contributed by atoms with van der Waals surface area (Å²) in [5.41, 5.74) is 5.22. The van der Waals surface area contributed by atoms with Crippen LogP contribution in [0.1, 0.15) is 25.3 Å². The zero-order valence-corrected chi connectivity index (χ0v) is 12.9. The highest BCUT2D eigenvalue weighted by atomic mass is 14.9. The Morgan fingerprint density at radius 2 is 1.77 bits per heavy atom. The van der Waals surface area contributed by atoms with Crippen LogP contribution in [-0.2, 0) is 5.41 Å². The monoisotopic (exact) mass is 291 g/mol. The van der Waals surface area contributed by atoms with E-state index in [9.17, 15) is 0 Å². The summed E-state index contributed by atoms with van der Waals surface area (Å²) in [6, 6.07) is 13.3. The number of pyridine rings is 1. The maximum Gasteiger partial charge on any atom is 0.137 e. The summed E-state index contributed by atoms with van der Waals surface area (Å²) in [7, 11) is 0. The number of hydrogen-bond acceptors (Lipinski definition) is 2. The van der Waals surface area contributed by atoms with Gasteiger partial charge >= 0.3 is 0 Å². The van der Waals surface area contributed by atoms with Crippen molar-refractivity contribution in [1.29, 1.82) is 0 Å². The molecule has 3 nitrogen and oxygen atoms in total. The first-order valence-electron chi connectivity index (χ1n) is 8.00. The molecular weight excluding hydrogens is 270 g/mol. The molecule has 1 saturated heterocycles. The van der Waals surface area contributed by atoms with Crippen molar-refractivity contribution in [3.05, 3.63) is 54.4 Å². The van der Waals surface area contributed by atoms with Crippen molar-refractivity contribution in [3.63, 3.8) is 0 Å². The number of aromatic amines is 1. The molecule has 1 aliphatic rings. The summed E-state index contributed by atoms with van der Waals surface area (Å²) >= 11 is 0. The molecule has 112 valence electrons. The van der Waals surface area contributed by atoms with Crippen LogP contribution < -0.4 is 5.32 Å². The van der Waals surface area contributed by atoms with Gasteiger partial charge in [-0.25, -0.2) is 4.98 Å². The third kappa shape index (κ3) is 2.22. The largest absolute Gasteiger partial charge is 0.346 e. The number of rotatable bonds is 2. The van der Waals surface area contributed by atoms with Crippen molar-refractivity contribution in [2.24, 2.45) is 0 Å². The van der Waals surface area contributed by atoms with Crippen molar-refractivity contribution in [2.45, 2.75) is 25.2 Å². The minimum absolute atomic E-state index is 0.311. The minimum Gasteiger partial charge on any atom is -0.346 e. The smallest absolute Gasteiger partial charge is 0.137 e. The summed E-state index contributed by atoms with van der Waals surface area (Å²) in [6.07, 6.45) is 6.25. The quantitative estimate of drug-likeness (QED) is 0.752. The Balaban J connectivity index is 1.71. The van der Waals surface area contributed by atoms with Crippen LogP contribution in [0.5, 0.6) is 0 Å². The highest BCUT2D eigenvalue weighted by molar-refractivity contribution is 5.92. The van der Waals surface area contributed by atoms with Crippen molar-refractivity contribution in [2.75, 3.05) is 13.1 Å². The molecule has 3 aromatic rings. The second kappa shape index (κ2) is 5.25. The van der Waals surface area contributed by atoms with Crippen LogP contribution >= 0.6 is 0 Å². The van der Waals surface area contributed by atoms with Gasteiger partial charge in [0, 0.05) is 17.8 Å². The Bertz CT molecular complexity index is 780. The molecule has 1 aliphatic heterocycles. The molecule has 0 aliphatic carbocycles. The zero-order chi connectivity index (χ0) is 15.0. The maximum atomic E-state index is 4.37. The van der Waals surface area contributed by atoms with Crippen LogP contribution in [0.4, 0.5) is 0 Å². The van der Waals surface area contributed by atoms with E-state index in [2.05, 4.69) is 58.6 Å². The first-order valence-corrected chi connectivity index (χ1v) is 8.00. The maximum absolute atomic E-state index is 4.37. The molecular formula is C19H21N3. The summed E-state index contributed by atoms with van der Waals surface area (Å²) in [4.78, 5) is 7.55. The Labute approximate surface area is 130 Å². The van der Waals surface area contributed by atoms with Crippen LogP contribution in [-0.4, -0.2) is 23.1 Å². The SMILES string of the molecule is CC1(c2ccc(-c3ccnc4[nH]ccc34)cc2)CCNCC1. The topological polar surface area (TPSA) is 40.7 Å². The van der Waals surface area contributed by atoms with Crippen molar-refractivity contribution < 1.29 is 0 Å².